The van der Waals surface area contributed by atoms with Crippen LogP contribution < -0.4 is 0 Å². The predicted molar refractivity (Wildman–Crippen MR) is 38.0 cm³/mol. The smallest absolute Gasteiger partial charge is 0.167 e. The van der Waals surface area contributed by atoms with Crippen molar-refractivity contribution in [3.63, 3.8) is 0 Å². The molecule has 13 heavy (non-hydrogen) atoms. The molecule has 0 aromatic heterocycles. The molecular formula is C6H4F6S. The molecule has 0 aromatic rings. The third-order valence-electron chi connectivity index (χ3n) is 0.671. The maximum absolute atomic E-state index is 11.4. The highest BCUT2D eigenvalue weighted by molar-refractivity contribution is 8.04. The molecule has 0 rings (SSSR count). The lowest BCUT2D eigenvalue weighted by molar-refractivity contribution is -0.0804. The van der Waals surface area contributed by atoms with Gasteiger partial charge in [-0.05, 0) is 10.8 Å². The molecule has 76 valence electrons. The lowest BCUT2D eigenvalue weighted by Gasteiger charge is -1.96. The fourth-order valence-electron chi connectivity index (χ4n) is 0.278. The fourth-order valence-corrected chi connectivity index (χ4v) is 0.835. The molecule has 0 bridgehead atoms. The number of hydrogen-bond donors (Lipinski definition) is 0. The second kappa shape index (κ2) is 4.59. The van der Waals surface area contributed by atoms with E-state index in [4.69, 9.17) is 0 Å². The van der Waals surface area contributed by atoms with Crippen molar-refractivity contribution < 1.29 is 26.3 Å². The van der Waals surface area contributed by atoms with Crippen LogP contribution in [0.15, 0.2) is 23.0 Å². The summed E-state index contributed by atoms with van der Waals surface area (Å²) in [6, 6.07) is 0. The molecule has 0 spiro atoms. The maximum Gasteiger partial charge on any atom is 0.410 e. The maximum atomic E-state index is 11.4. The summed E-state index contributed by atoms with van der Waals surface area (Å²) in [5.41, 5.74) is 0. The van der Waals surface area contributed by atoms with Gasteiger partial charge < -0.3 is 0 Å². The zero-order chi connectivity index (χ0) is 10.5. The van der Waals surface area contributed by atoms with Crippen molar-refractivity contribution in [2.24, 2.45) is 0 Å². The van der Waals surface area contributed by atoms with E-state index in [0.717, 1.165) is 0 Å². The van der Waals surface area contributed by atoms with Gasteiger partial charge in [0, 0.05) is 12.2 Å². The van der Waals surface area contributed by atoms with Gasteiger partial charge in [0.15, 0.2) is 0 Å². The van der Waals surface area contributed by atoms with E-state index >= 15 is 0 Å². The minimum atomic E-state index is -4.49. The Morgan fingerprint density at radius 3 is 1.23 bits per heavy atom. The van der Waals surface area contributed by atoms with E-state index in [0.29, 0.717) is 22.6 Å². The van der Waals surface area contributed by atoms with E-state index < -0.39 is 12.4 Å². The first-order chi connectivity index (χ1) is 5.71. The molecule has 0 fully saturated rings. The van der Waals surface area contributed by atoms with Gasteiger partial charge in [-0.15, -0.1) is 11.8 Å². The third kappa shape index (κ3) is 11.4. The summed E-state index contributed by atoms with van der Waals surface area (Å²) in [6.45, 7) is 0. The highest BCUT2D eigenvalue weighted by atomic mass is 32.2. The molecule has 0 radical (unpaired) electrons. The zero-order valence-corrected chi connectivity index (χ0v) is 6.80. The molecule has 0 aliphatic carbocycles. The minimum absolute atomic E-state index is 0.140. The van der Waals surface area contributed by atoms with Crippen LogP contribution in [0.25, 0.3) is 0 Å². The zero-order valence-electron chi connectivity index (χ0n) is 5.99. The summed E-state index contributed by atoms with van der Waals surface area (Å²) in [5.74, 6) is 0. The van der Waals surface area contributed by atoms with Crippen LogP contribution in [0.2, 0.25) is 0 Å². The van der Waals surface area contributed by atoms with Crippen molar-refractivity contribution in [1.29, 1.82) is 0 Å². The van der Waals surface area contributed by atoms with Crippen LogP contribution in [0.5, 0.6) is 0 Å². The van der Waals surface area contributed by atoms with Gasteiger partial charge in [0.2, 0.25) is 0 Å². The van der Waals surface area contributed by atoms with Gasteiger partial charge in [0.1, 0.15) is 0 Å². The average Bonchev–Trinajstić information content (AvgIpc) is 1.81. The van der Waals surface area contributed by atoms with E-state index in [1.807, 2.05) is 0 Å². The number of halogens is 6. The monoisotopic (exact) mass is 222 g/mol. The minimum Gasteiger partial charge on any atom is -0.167 e. The van der Waals surface area contributed by atoms with Crippen molar-refractivity contribution in [3.05, 3.63) is 23.0 Å². The Balaban J connectivity index is 3.81. The Labute approximate surface area is 74.3 Å². The van der Waals surface area contributed by atoms with E-state index in [-0.39, 0.29) is 12.2 Å². The van der Waals surface area contributed by atoms with E-state index in [1.54, 1.807) is 0 Å². The third-order valence-corrected chi connectivity index (χ3v) is 1.26. The molecule has 0 N–H and O–H groups in total. The van der Waals surface area contributed by atoms with Gasteiger partial charge in [-0.3, -0.25) is 0 Å². The van der Waals surface area contributed by atoms with Crippen molar-refractivity contribution in [1.82, 2.24) is 0 Å². The van der Waals surface area contributed by atoms with Crippen molar-refractivity contribution >= 4 is 11.8 Å². The molecule has 0 unspecified atom stereocenters. The number of alkyl halides is 6. The number of allylic oxidation sites excluding steroid dienone is 2. The van der Waals surface area contributed by atoms with E-state index in [9.17, 15) is 26.3 Å². The Hall–Kier alpha value is -0.590. The molecule has 0 aliphatic heterocycles. The van der Waals surface area contributed by atoms with Crippen LogP contribution in [0.3, 0.4) is 0 Å². The summed E-state index contributed by atoms with van der Waals surface area (Å²) in [4.78, 5) is 0. The first kappa shape index (κ1) is 12.4. The molecular weight excluding hydrogens is 218 g/mol. The average molecular weight is 222 g/mol. The summed E-state index contributed by atoms with van der Waals surface area (Å²) < 4.78 is 68.2. The first-order valence-corrected chi connectivity index (χ1v) is 3.79. The van der Waals surface area contributed by atoms with Crippen molar-refractivity contribution in [2.75, 3.05) is 0 Å². The fraction of sp³-hybridized carbons (Fsp3) is 0.333. The largest absolute Gasteiger partial charge is 0.410 e. The lowest BCUT2D eigenvalue weighted by atomic mass is 10.6. The van der Waals surface area contributed by atoms with Crippen molar-refractivity contribution in [2.45, 2.75) is 12.4 Å². The topological polar surface area (TPSA) is 0 Å². The summed E-state index contributed by atoms with van der Waals surface area (Å²) >= 11 is 0.306. The Morgan fingerprint density at radius 1 is 0.692 bits per heavy atom. The molecule has 0 saturated carbocycles. The molecule has 0 aliphatic rings. The highest BCUT2D eigenvalue weighted by Crippen LogP contribution is 2.21. The van der Waals surface area contributed by atoms with E-state index in [2.05, 4.69) is 0 Å². The quantitative estimate of drug-likeness (QED) is 0.639. The molecule has 0 aromatic carbocycles. The normalized spacial score (nSPS) is 14.6. The van der Waals surface area contributed by atoms with Crippen LogP contribution in [0.4, 0.5) is 26.3 Å². The van der Waals surface area contributed by atoms with Gasteiger partial charge in [0.05, 0.1) is 0 Å². The van der Waals surface area contributed by atoms with Crippen molar-refractivity contribution in [3.8, 4) is 0 Å². The van der Waals surface area contributed by atoms with Crippen LogP contribution in [0.1, 0.15) is 0 Å². The van der Waals surface area contributed by atoms with Crippen LogP contribution in [-0.4, -0.2) is 12.4 Å². The SMILES string of the molecule is FC(F)(F)/C=C/S/C=C/C(F)(F)F. The van der Waals surface area contributed by atoms with Gasteiger partial charge >= 0.3 is 12.4 Å². The summed E-state index contributed by atoms with van der Waals surface area (Å²) in [5, 5.41) is 1.06. The molecule has 0 saturated heterocycles. The first-order valence-electron chi connectivity index (χ1n) is 2.85. The van der Waals surface area contributed by atoms with E-state index in [1.165, 1.54) is 0 Å². The summed E-state index contributed by atoms with van der Waals surface area (Å²) in [6.07, 6.45) is -9.26. The molecule has 7 heteroatoms. The van der Waals surface area contributed by atoms with Gasteiger partial charge in [0.25, 0.3) is 0 Å². The number of hydrogen-bond acceptors (Lipinski definition) is 1. The Kier molecular flexibility index (Phi) is 4.38. The van der Waals surface area contributed by atoms with Crippen LogP contribution in [-0.2, 0) is 0 Å². The van der Waals surface area contributed by atoms with Gasteiger partial charge in [-0.2, -0.15) is 26.3 Å². The van der Waals surface area contributed by atoms with Gasteiger partial charge in [-0.1, -0.05) is 0 Å². The molecule has 0 heterocycles. The number of rotatable bonds is 2. The Bertz CT molecular complexity index is 176. The predicted octanol–water partition coefficient (Wildman–Crippen LogP) is 3.87. The molecule has 0 nitrogen and oxygen atoms in total. The second-order valence-electron chi connectivity index (χ2n) is 1.82. The standard InChI is InChI=1S/C6H4F6S/c7-5(8,9)1-3-13-4-2-6(10,11)12/h1-4H/b3-1+,4-2+. The highest BCUT2D eigenvalue weighted by Gasteiger charge is 2.22. The molecule has 0 amide bonds. The number of thioether (sulfide) groups is 1. The van der Waals surface area contributed by atoms with Crippen LogP contribution in [0, 0.1) is 0 Å². The Morgan fingerprint density at radius 2 is 1.00 bits per heavy atom. The van der Waals surface area contributed by atoms with Gasteiger partial charge in [-0.25, -0.2) is 0 Å². The summed E-state index contributed by atoms with van der Waals surface area (Å²) in [7, 11) is 0. The second-order valence-corrected chi connectivity index (χ2v) is 2.64. The lowest BCUT2D eigenvalue weighted by Crippen LogP contribution is -2.00. The molecule has 0 atom stereocenters. The van der Waals surface area contributed by atoms with Crippen LogP contribution >= 0.6 is 11.8 Å².